The molecule has 27 nitrogen and oxygen atoms in total. The zero-order valence-corrected chi connectivity index (χ0v) is 43.9. The molecule has 0 aromatic heterocycles. The number of benzene rings is 3. The average molecular weight is 1160 g/mol. The van der Waals surface area contributed by atoms with Crippen LogP contribution in [0.15, 0.2) is 160 Å². The van der Waals surface area contributed by atoms with Gasteiger partial charge >= 0.3 is 21.2 Å². The van der Waals surface area contributed by atoms with Crippen LogP contribution in [0.4, 0.5) is 22.7 Å². The molecule has 0 bridgehead atoms. The molecule has 76 heavy (non-hydrogen) atoms. The van der Waals surface area contributed by atoms with Gasteiger partial charge in [0.1, 0.15) is 20.7 Å². The Kier molecular flexibility index (Phi) is 32.7. The highest BCUT2D eigenvalue weighted by Crippen LogP contribution is 2.26. The van der Waals surface area contributed by atoms with Crippen LogP contribution in [0.3, 0.4) is 0 Å². The van der Waals surface area contributed by atoms with Crippen molar-refractivity contribution in [3.63, 3.8) is 0 Å². The van der Waals surface area contributed by atoms with Gasteiger partial charge in [0.05, 0.1) is 17.1 Å². The van der Waals surface area contributed by atoms with Crippen LogP contribution in [-0.2, 0) is 80.3 Å². The summed E-state index contributed by atoms with van der Waals surface area (Å²) in [5.41, 5.74) is 2.21. The summed E-state index contributed by atoms with van der Waals surface area (Å²) < 4.78 is 143. The quantitative estimate of drug-likeness (QED) is 0.0502. The van der Waals surface area contributed by atoms with Gasteiger partial charge in [-0.2, -0.15) is 25.3 Å². The van der Waals surface area contributed by atoms with Crippen LogP contribution in [0.5, 0.6) is 0 Å². The Morgan fingerprint density at radius 3 is 1.14 bits per heavy atom. The maximum absolute atomic E-state index is 11.2. The largest absolute Gasteiger partial charge is 0.425 e. The van der Waals surface area contributed by atoms with Crippen molar-refractivity contribution in [3.8, 4) is 0 Å². The number of hydrogen-bond donors (Lipinski definition) is 9. The van der Waals surface area contributed by atoms with Crippen LogP contribution in [0.1, 0.15) is 25.0 Å². The number of amides is 6. The van der Waals surface area contributed by atoms with E-state index in [4.69, 9.17) is 38.9 Å². The molecule has 3 aromatic carbocycles. The van der Waals surface area contributed by atoms with Gasteiger partial charge in [-0.3, -0.25) is 42.4 Å². The number of anilines is 4. The molecule has 9 N–H and O–H groups in total. The lowest BCUT2D eigenvalue weighted by molar-refractivity contribution is -0.120. The Morgan fingerprint density at radius 1 is 0.487 bits per heavy atom. The third kappa shape index (κ3) is 29.8. The van der Waals surface area contributed by atoms with E-state index in [1.807, 2.05) is 0 Å². The maximum atomic E-state index is 11.2. The van der Waals surface area contributed by atoms with Crippen LogP contribution in [0, 0.1) is 0 Å². The highest BCUT2D eigenvalue weighted by atomic mass is 32.2. The number of para-hydroxylation sites is 2. The van der Waals surface area contributed by atoms with Crippen molar-refractivity contribution < 1.29 is 92.9 Å². The normalized spacial score (nSPS) is 10.1. The topological polar surface area (TPSA) is 440 Å². The van der Waals surface area contributed by atoms with Crippen LogP contribution < -0.4 is 31.9 Å². The summed E-state index contributed by atoms with van der Waals surface area (Å²) in [6.45, 7) is 28.9. The predicted octanol–water partition coefficient (Wildman–Crippen LogP) is 2.91. The summed E-state index contributed by atoms with van der Waals surface area (Å²) >= 11 is 0. The minimum absolute atomic E-state index is 0.141. The van der Waals surface area contributed by atoms with Gasteiger partial charge in [0.15, 0.2) is 0 Å². The van der Waals surface area contributed by atoms with Gasteiger partial charge in [-0.15, -0.1) is 25.3 Å². The first-order chi connectivity index (χ1) is 34.9. The van der Waals surface area contributed by atoms with Gasteiger partial charge in [-0.25, -0.2) is 0 Å². The highest BCUT2D eigenvalue weighted by Gasteiger charge is 2.42. The van der Waals surface area contributed by atoms with Crippen molar-refractivity contribution in [2.45, 2.75) is 34.6 Å². The smallest absolute Gasteiger partial charge is 0.331 e. The summed E-state index contributed by atoms with van der Waals surface area (Å²) in [4.78, 5) is 66.4. The molecular weight excluding hydrogens is 1110 g/mol. The minimum atomic E-state index is -4.52. The van der Waals surface area contributed by atoms with Gasteiger partial charge in [0.25, 0.3) is 30.4 Å². The second kappa shape index (κ2) is 34.7. The summed E-state index contributed by atoms with van der Waals surface area (Å²) in [6.07, 6.45) is 7.72. The molecule has 3 rings (SSSR count). The van der Waals surface area contributed by atoms with E-state index in [2.05, 4.69) is 84.5 Å². The number of carbonyl (C=O) groups excluding carboxylic acids is 6. The monoisotopic (exact) mass is 1160 g/mol. The standard InChI is InChI=1S/C12H12N2O5S.C12H12N2O2.C10H16N2O5S.C10H10O3S.2O3S/c1-3-11(15)13-8-5-6-10(20(17,18)19)9(7-8)14-12(16)4-2;1-3-11(15)13-9-7-5-6-8-10(9)14-12(16)4-2;1-5-7(13)11-9(12-8(14)6-2)10(3,4)18(15,16)17;1-3-8-5-6-10(14(11,12)13)9(4-2)7-8;2*1-4(2)3/h3-7H,1-2H2,(H,13,15)(H,14,16)(H,17,18,19);3-8H,1-2H2,(H,13,15)(H,14,16);5-6,9H,1-2H2,3-4H3,(H,11,13)(H,12,14)(H,15,16,17);3-7H,1-2H2,(H,11,12,13);;. The van der Waals surface area contributed by atoms with Crippen molar-refractivity contribution in [1.82, 2.24) is 10.6 Å². The lowest BCUT2D eigenvalue weighted by Crippen LogP contribution is -2.61. The number of nitrogens with one attached hydrogen (secondary N) is 6. The number of rotatable bonds is 18. The van der Waals surface area contributed by atoms with Crippen LogP contribution >= 0.6 is 0 Å². The minimum Gasteiger partial charge on any atom is -0.331 e. The molecule has 0 saturated heterocycles. The van der Waals surface area contributed by atoms with Crippen LogP contribution in [0.2, 0.25) is 0 Å². The number of carbonyl (C=O) groups is 6. The van der Waals surface area contributed by atoms with Crippen molar-refractivity contribution >= 4 is 122 Å². The van der Waals surface area contributed by atoms with Gasteiger partial charge in [-0.05, 0) is 104 Å². The fourth-order valence-electron chi connectivity index (χ4n) is 4.40. The molecule has 0 atom stereocenters. The molecule has 0 radical (unpaired) electrons. The summed E-state index contributed by atoms with van der Waals surface area (Å²) in [7, 11) is -19.4. The van der Waals surface area contributed by atoms with Crippen molar-refractivity contribution in [3.05, 3.63) is 161 Å². The van der Waals surface area contributed by atoms with E-state index in [0.29, 0.717) is 16.9 Å². The van der Waals surface area contributed by atoms with Crippen molar-refractivity contribution in [2.75, 3.05) is 21.3 Å². The van der Waals surface area contributed by atoms with E-state index in [1.54, 1.807) is 42.5 Å². The Hall–Kier alpha value is -8.63. The first-order valence-corrected chi connectivity index (χ1v) is 25.9. The van der Waals surface area contributed by atoms with Gasteiger partial charge in [0.2, 0.25) is 35.4 Å². The molecule has 0 aliphatic rings. The fraction of sp³-hybridized carbons (Fsp3) is 0.0909. The van der Waals surface area contributed by atoms with Gasteiger partial charge < -0.3 is 31.9 Å². The van der Waals surface area contributed by atoms with E-state index < -0.39 is 91.0 Å². The molecule has 0 aliphatic heterocycles. The Morgan fingerprint density at radius 2 is 0.829 bits per heavy atom. The zero-order valence-electron chi connectivity index (χ0n) is 39.9. The van der Waals surface area contributed by atoms with E-state index in [-0.39, 0.29) is 28.1 Å². The second-order valence-corrected chi connectivity index (χ2v) is 19.1. The fourth-order valence-corrected chi connectivity index (χ4v) is 6.12. The third-order valence-corrected chi connectivity index (χ3v) is 11.4. The van der Waals surface area contributed by atoms with Crippen LogP contribution in [0.25, 0.3) is 12.2 Å². The molecule has 0 saturated carbocycles. The molecule has 32 heteroatoms. The summed E-state index contributed by atoms with van der Waals surface area (Å²) in [6, 6.07) is 14.8. The first-order valence-electron chi connectivity index (χ1n) is 19.6. The molecule has 0 unspecified atom stereocenters. The Labute approximate surface area is 440 Å². The lowest BCUT2D eigenvalue weighted by Gasteiger charge is -2.31. The van der Waals surface area contributed by atoms with Crippen molar-refractivity contribution in [2.24, 2.45) is 0 Å². The predicted molar refractivity (Wildman–Crippen MR) is 280 cm³/mol. The molecule has 412 valence electrons. The van der Waals surface area contributed by atoms with Crippen molar-refractivity contribution in [1.29, 1.82) is 0 Å². The molecule has 6 amide bonds. The average Bonchev–Trinajstić information content (AvgIpc) is 3.33. The molecule has 0 aliphatic carbocycles. The number of hydrogen-bond acceptors (Lipinski definition) is 18. The molecule has 3 aromatic rings. The lowest BCUT2D eigenvalue weighted by atomic mass is 10.1. The zero-order chi connectivity index (χ0) is 59.8. The third-order valence-electron chi connectivity index (χ3n) is 8.04. The highest BCUT2D eigenvalue weighted by molar-refractivity contribution is 7.87. The first kappa shape index (κ1) is 71.6. The molecule has 0 heterocycles. The Bertz CT molecular complexity index is 3200. The van der Waals surface area contributed by atoms with Gasteiger partial charge in [0, 0.05) is 5.69 Å². The van der Waals surface area contributed by atoms with Crippen LogP contribution in [-0.4, -0.2) is 111 Å². The summed E-state index contributed by atoms with van der Waals surface area (Å²) in [5.74, 6) is -3.23. The molecule has 0 fully saturated rings. The second-order valence-electron chi connectivity index (χ2n) is 13.5. The van der Waals surface area contributed by atoms with E-state index in [1.165, 1.54) is 24.3 Å². The van der Waals surface area contributed by atoms with Gasteiger partial charge in [-0.1, -0.05) is 83.0 Å². The molecule has 0 spiro atoms. The molecular formula is C44H50N6O21S5. The van der Waals surface area contributed by atoms with E-state index in [0.717, 1.165) is 61.9 Å². The summed E-state index contributed by atoms with van der Waals surface area (Å²) in [5, 5.41) is 14.2. The van der Waals surface area contributed by atoms with E-state index >= 15 is 0 Å². The maximum Gasteiger partial charge on any atom is 0.425 e. The Balaban J connectivity index is -0.000000895. The SMILES string of the molecule is C=CC(=O)NC(NC(=O)C=C)C(C)(C)S(=O)(=O)O.C=CC(=O)Nc1ccc(S(=O)(=O)O)c(NC(=O)C=C)c1.C=CC(=O)Nc1ccccc1NC(=O)C=C.C=Cc1ccc(S(=O)(=O)O)c(C=C)c1.O=S(=O)=O.O=S(=O)=O. The van der Waals surface area contributed by atoms with E-state index in [9.17, 15) is 54.0 Å².